The molecular weight excluding hydrogens is 334 g/mol. The molecule has 2 aliphatic rings. The lowest BCUT2D eigenvalue weighted by Gasteiger charge is -2.27. The molecule has 2 nitrogen and oxygen atoms in total. The van der Waals surface area contributed by atoms with Gasteiger partial charge in [0.25, 0.3) is 0 Å². The average Bonchev–Trinajstić information content (AvgIpc) is 3.12. The zero-order chi connectivity index (χ0) is 14.0. The molecule has 1 fully saturated rings. The van der Waals surface area contributed by atoms with Crippen LogP contribution in [0.4, 0.5) is 0 Å². The van der Waals surface area contributed by atoms with Gasteiger partial charge in [-0.15, -0.1) is 11.8 Å². The van der Waals surface area contributed by atoms with Crippen molar-refractivity contribution in [2.75, 3.05) is 11.9 Å². The van der Waals surface area contributed by atoms with Crippen LogP contribution >= 0.6 is 27.7 Å². The lowest BCUT2D eigenvalue weighted by Crippen LogP contribution is -2.40. The summed E-state index contributed by atoms with van der Waals surface area (Å²) in [7, 11) is 0. The summed E-state index contributed by atoms with van der Waals surface area (Å²) in [6, 6.07) is 8.35. The second-order valence-electron chi connectivity index (χ2n) is 5.98. The fourth-order valence-corrected chi connectivity index (χ4v) is 5.18. The minimum atomic E-state index is 0.0566. The molecule has 1 aromatic carbocycles. The first-order valence-electron chi connectivity index (χ1n) is 7.31. The minimum Gasteiger partial charge on any atom is -0.355 e. The van der Waals surface area contributed by atoms with E-state index in [4.69, 9.17) is 0 Å². The number of thioether (sulfide) groups is 1. The molecule has 108 valence electrons. The standard InChI is InChI=1S/C16H20BrNOS/c17-10-16(7-3-4-8-16)11-18-15(19)14-9-12-5-1-2-6-13(12)20-14/h1-2,5-6,14H,3-4,7-11H2,(H,18,19). The lowest BCUT2D eigenvalue weighted by molar-refractivity contribution is -0.120. The molecule has 20 heavy (non-hydrogen) atoms. The summed E-state index contributed by atoms with van der Waals surface area (Å²) in [6.45, 7) is 0.824. The maximum Gasteiger partial charge on any atom is 0.233 e. The number of nitrogens with one attached hydrogen (secondary N) is 1. The van der Waals surface area contributed by atoms with Crippen LogP contribution in [-0.2, 0) is 11.2 Å². The van der Waals surface area contributed by atoms with E-state index in [2.05, 4.69) is 39.4 Å². The van der Waals surface area contributed by atoms with E-state index in [1.165, 1.54) is 36.1 Å². The van der Waals surface area contributed by atoms with Crippen molar-refractivity contribution in [3.05, 3.63) is 29.8 Å². The van der Waals surface area contributed by atoms with Gasteiger partial charge in [-0.05, 0) is 36.3 Å². The topological polar surface area (TPSA) is 29.1 Å². The fourth-order valence-electron chi connectivity index (χ4n) is 3.20. The third-order valence-corrected chi connectivity index (χ3v) is 7.03. The van der Waals surface area contributed by atoms with Crippen LogP contribution in [0.5, 0.6) is 0 Å². The molecule has 1 amide bonds. The molecule has 1 atom stereocenters. The number of rotatable bonds is 4. The Morgan fingerprint density at radius 2 is 2.10 bits per heavy atom. The number of hydrogen-bond acceptors (Lipinski definition) is 2. The van der Waals surface area contributed by atoms with E-state index >= 15 is 0 Å². The van der Waals surface area contributed by atoms with Crippen LogP contribution in [0, 0.1) is 5.41 Å². The zero-order valence-corrected chi connectivity index (χ0v) is 13.9. The van der Waals surface area contributed by atoms with E-state index in [-0.39, 0.29) is 11.2 Å². The van der Waals surface area contributed by atoms with Gasteiger partial charge in [0, 0.05) is 16.8 Å². The predicted octanol–water partition coefficient (Wildman–Crippen LogP) is 3.77. The number of carbonyl (C=O) groups excluding carboxylic acids is 1. The van der Waals surface area contributed by atoms with Crippen molar-refractivity contribution in [3.63, 3.8) is 0 Å². The van der Waals surface area contributed by atoms with Crippen LogP contribution in [0.2, 0.25) is 0 Å². The number of fused-ring (bicyclic) bond motifs is 1. The largest absolute Gasteiger partial charge is 0.355 e. The summed E-state index contributed by atoms with van der Waals surface area (Å²) in [4.78, 5) is 13.6. The summed E-state index contributed by atoms with van der Waals surface area (Å²) in [6.07, 6.45) is 5.93. The molecule has 1 aromatic rings. The Balaban J connectivity index is 1.56. The molecule has 1 N–H and O–H groups in total. The Kier molecular flexibility index (Phi) is 4.41. The molecule has 0 spiro atoms. The first-order valence-corrected chi connectivity index (χ1v) is 9.31. The van der Waals surface area contributed by atoms with Crippen LogP contribution in [0.1, 0.15) is 31.2 Å². The van der Waals surface area contributed by atoms with Crippen molar-refractivity contribution in [1.82, 2.24) is 5.32 Å². The van der Waals surface area contributed by atoms with E-state index in [1.54, 1.807) is 11.8 Å². The molecule has 0 aromatic heterocycles. The molecule has 1 saturated carbocycles. The van der Waals surface area contributed by atoms with Crippen LogP contribution in [0.3, 0.4) is 0 Å². The monoisotopic (exact) mass is 353 g/mol. The van der Waals surface area contributed by atoms with E-state index in [9.17, 15) is 4.79 Å². The summed E-state index contributed by atoms with van der Waals surface area (Å²) in [5.41, 5.74) is 1.61. The van der Waals surface area contributed by atoms with Gasteiger partial charge in [-0.1, -0.05) is 47.0 Å². The van der Waals surface area contributed by atoms with E-state index in [0.29, 0.717) is 5.41 Å². The Labute approximate surface area is 133 Å². The van der Waals surface area contributed by atoms with Gasteiger partial charge < -0.3 is 5.32 Å². The minimum absolute atomic E-state index is 0.0566. The highest BCUT2D eigenvalue weighted by molar-refractivity contribution is 9.09. The number of benzene rings is 1. The average molecular weight is 354 g/mol. The Bertz CT molecular complexity index is 474. The molecule has 4 heteroatoms. The van der Waals surface area contributed by atoms with E-state index < -0.39 is 0 Å². The quantitative estimate of drug-likeness (QED) is 0.834. The van der Waals surface area contributed by atoms with Crippen molar-refractivity contribution < 1.29 is 4.79 Å². The van der Waals surface area contributed by atoms with Crippen molar-refractivity contribution in [3.8, 4) is 0 Å². The fraction of sp³-hybridized carbons (Fsp3) is 0.562. The van der Waals surface area contributed by atoms with Crippen LogP contribution < -0.4 is 5.32 Å². The van der Waals surface area contributed by atoms with E-state index in [0.717, 1.165) is 18.3 Å². The van der Waals surface area contributed by atoms with Crippen molar-refractivity contribution >= 4 is 33.6 Å². The summed E-state index contributed by atoms with van der Waals surface area (Å²) >= 11 is 5.34. The van der Waals surface area contributed by atoms with Gasteiger partial charge >= 0.3 is 0 Å². The summed E-state index contributed by atoms with van der Waals surface area (Å²) in [5.74, 6) is 0.207. The van der Waals surface area contributed by atoms with Crippen molar-refractivity contribution in [2.45, 2.75) is 42.2 Å². The van der Waals surface area contributed by atoms with Crippen LogP contribution in [0.15, 0.2) is 29.2 Å². The molecule has 1 aliphatic heterocycles. The molecule has 3 rings (SSSR count). The van der Waals surface area contributed by atoms with Crippen LogP contribution in [0.25, 0.3) is 0 Å². The highest BCUT2D eigenvalue weighted by atomic mass is 79.9. The first kappa shape index (κ1) is 14.5. The lowest BCUT2D eigenvalue weighted by atomic mass is 9.89. The third-order valence-electron chi connectivity index (χ3n) is 4.52. The number of amides is 1. The Hall–Kier alpha value is -0.480. The summed E-state index contributed by atoms with van der Waals surface area (Å²) in [5, 5.41) is 4.26. The second-order valence-corrected chi connectivity index (χ2v) is 7.78. The number of hydrogen-bond donors (Lipinski definition) is 1. The molecular formula is C16H20BrNOS. The SMILES string of the molecule is O=C(NCC1(CBr)CCCC1)C1Cc2ccccc2S1. The highest BCUT2D eigenvalue weighted by Crippen LogP contribution is 2.40. The third kappa shape index (κ3) is 2.91. The van der Waals surface area contributed by atoms with Crippen LogP contribution in [-0.4, -0.2) is 23.0 Å². The predicted molar refractivity (Wildman–Crippen MR) is 87.5 cm³/mol. The molecule has 1 heterocycles. The normalized spacial score (nSPS) is 23.6. The van der Waals surface area contributed by atoms with Gasteiger partial charge in [0.05, 0.1) is 5.25 Å². The summed E-state index contributed by atoms with van der Waals surface area (Å²) < 4.78 is 0. The van der Waals surface area contributed by atoms with Gasteiger partial charge in [0.2, 0.25) is 5.91 Å². The smallest absolute Gasteiger partial charge is 0.233 e. The second kappa shape index (κ2) is 6.10. The molecule has 0 bridgehead atoms. The zero-order valence-electron chi connectivity index (χ0n) is 11.5. The van der Waals surface area contributed by atoms with Gasteiger partial charge in [-0.3, -0.25) is 4.79 Å². The maximum absolute atomic E-state index is 12.4. The highest BCUT2D eigenvalue weighted by Gasteiger charge is 2.34. The molecule has 1 unspecified atom stereocenters. The van der Waals surface area contributed by atoms with E-state index in [1.807, 2.05) is 6.07 Å². The van der Waals surface area contributed by atoms with Gasteiger partial charge in [-0.2, -0.15) is 0 Å². The van der Waals surface area contributed by atoms with Gasteiger partial charge in [-0.25, -0.2) is 0 Å². The molecule has 0 radical (unpaired) electrons. The van der Waals surface area contributed by atoms with Gasteiger partial charge in [0.15, 0.2) is 0 Å². The molecule has 0 saturated heterocycles. The first-order chi connectivity index (χ1) is 9.72. The van der Waals surface area contributed by atoms with Crippen molar-refractivity contribution in [1.29, 1.82) is 0 Å². The maximum atomic E-state index is 12.4. The molecule has 1 aliphatic carbocycles. The Morgan fingerprint density at radius 1 is 1.35 bits per heavy atom. The van der Waals surface area contributed by atoms with Gasteiger partial charge in [0.1, 0.15) is 0 Å². The number of alkyl halides is 1. The number of carbonyl (C=O) groups is 1. The number of halogens is 1. The Morgan fingerprint density at radius 3 is 2.80 bits per heavy atom. The van der Waals surface area contributed by atoms with Crippen molar-refractivity contribution in [2.24, 2.45) is 5.41 Å².